The van der Waals surface area contributed by atoms with Gasteiger partial charge in [-0.2, -0.15) is 0 Å². The fourth-order valence-electron chi connectivity index (χ4n) is 1.35. The van der Waals surface area contributed by atoms with Crippen molar-refractivity contribution in [2.45, 2.75) is 19.4 Å². The van der Waals surface area contributed by atoms with E-state index in [1.54, 1.807) is 6.92 Å². The van der Waals surface area contributed by atoms with E-state index in [0.29, 0.717) is 0 Å². The van der Waals surface area contributed by atoms with Gasteiger partial charge in [-0.15, -0.1) is 0 Å². The molecular formula is C9H14N2O4. The van der Waals surface area contributed by atoms with Crippen LogP contribution in [0.3, 0.4) is 0 Å². The average molecular weight is 214 g/mol. The maximum Gasteiger partial charge on any atom is 0.249 e. The number of nitrogens with one attached hydrogen (secondary N) is 1. The van der Waals surface area contributed by atoms with Crippen LogP contribution in [0.15, 0.2) is 0 Å². The molecule has 15 heavy (non-hydrogen) atoms. The summed E-state index contributed by atoms with van der Waals surface area (Å²) in [5, 5.41) is 2.17. The molecule has 0 aromatic carbocycles. The molecule has 0 aromatic heterocycles. The smallest absolute Gasteiger partial charge is 0.249 e. The minimum Gasteiger partial charge on any atom is -0.384 e. The van der Waals surface area contributed by atoms with Crippen LogP contribution in [0.5, 0.6) is 0 Å². The molecule has 0 radical (unpaired) electrons. The van der Waals surface area contributed by atoms with E-state index in [2.05, 4.69) is 5.32 Å². The molecule has 0 aliphatic carbocycles. The van der Waals surface area contributed by atoms with E-state index in [9.17, 15) is 14.4 Å². The SMILES string of the molecule is COCCC(=O)N1CC(=O)NC(=O)C1C. The fourth-order valence-corrected chi connectivity index (χ4v) is 1.35. The van der Waals surface area contributed by atoms with Crippen molar-refractivity contribution in [3.63, 3.8) is 0 Å². The third-order valence-corrected chi connectivity index (χ3v) is 2.26. The minimum absolute atomic E-state index is 0.0601. The van der Waals surface area contributed by atoms with Crippen molar-refractivity contribution in [2.24, 2.45) is 0 Å². The van der Waals surface area contributed by atoms with Crippen LogP contribution in [0.1, 0.15) is 13.3 Å². The van der Waals surface area contributed by atoms with Gasteiger partial charge in [0.15, 0.2) is 0 Å². The first-order valence-corrected chi connectivity index (χ1v) is 4.68. The Balaban J connectivity index is 2.62. The third-order valence-electron chi connectivity index (χ3n) is 2.26. The summed E-state index contributed by atoms with van der Waals surface area (Å²) in [5.41, 5.74) is 0. The molecule has 1 aliphatic heterocycles. The van der Waals surface area contributed by atoms with Crippen LogP contribution in [0, 0.1) is 0 Å². The molecule has 1 atom stereocenters. The second kappa shape index (κ2) is 4.88. The predicted molar refractivity (Wildman–Crippen MR) is 50.8 cm³/mol. The van der Waals surface area contributed by atoms with Gasteiger partial charge in [0.05, 0.1) is 13.0 Å². The number of ether oxygens (including phenoxy) is 1. The molecule has 6 nitrogen and oxygen atoms in total. The Hall–Kier alpha value is -1.43. The van der Waals surface area contributed by atoms with Crippen LogP contribution in [-0.4, -0.2) is 48.9 Å². The zero-order chi connectivity index (χ0) is 11.4. The van der Waals surface area contributed by atoms with E-state index in [1.807, 2.05) is 0 Å². The Labute approximate surface area is 87.6 Å². The van der Waals surface area contributed by atoms with E-state index in [1.165, 1.54) is 12.0 Å². The number of methoxy groups -OCH3 is 1. The number of rotatable bonds is 3. The lowest BCUT2D eigenvalue weighted by molar-refractivity contribution is -0.149. The molecule has 1 fully saturated rings. The number of nitrogens with zero attached hydrogens (tertiary/aromatic N) is 1. The zero-order valence-electron chi connectivity index (χ0n) is 8.78. The predicted octanol–water partition coefficient (Wildman–Crippen LogP) is -1.10. The van der Waals surface area contributed by atoms with E-state index in [0.717, 1.165) is 0 Å². The highest BCUT2D eigenvalue weighted by Gasteiger charge is 2.32. The summed E-state index contributed by atoms with van der Waals surface area (Å²) in [5.74, 6) is -1.12. The lowest BCUT2D eigenvalue weighted by atomic mass is 10.2. The number of piperazine rings is 1. The fraction of sp³-hybridized carbons (Fsp3) is 0.667. The average Bonchev–Trinajstić information content (AvgIpc) is 2.19. The molecule has 1 rings (SSSR count). The highest BCUT2D eigenvalue weighted by molar-refractivity contribution is 6.04. The molecule has 1 saturated heterocycles. The molecule has 3 amide bonds. The van der Waals surface area contributed by atoms with E-state index < -0.39 is 17.9 Å². The summed E-state index contributed by atoms with van der Waals surface area (Å²) < 4.78 is 4.76. The molecule has 0 aromatic rings. The maximum atomic E-state index is 11.6. The van der Waals surface area contributed by atoms with Crippen molar-refractivity contribution in [3.8, 4) is 0 Å². The normalized spacial score (nSPS) is 21.5. The molecule has 0 spiro atoms. The molecule has 0 bridgehead atoms. The van der Waals surface area contributed by atoms with Gasteiger partial charge in [-0.1, -0.05) is 0 Å². The molecule has 1 heterocycles. The molecular weight excluding hydrogens is 200 g/mol. The van der Waals surface area contributed by atoms with Gasteiger partial charge in [0.2, 0.25) is 17.7 Å². The van der Waals surface area contributed by atoms with Crippen molar-refractivity contribution in [1.82, 2.24) is 10.2 Å². The van der Waals surface area contributed by atoms with E-state index in [4.69, 9.17) is 4.74 Å². The van der Waals surface area contributed by atoms with Gasteiger partial charge in [-0.3, -0.25) is 19.7 Å². The number of hydrogen-bond acceptors (Lipinski definition) is 4. The van der Waals surface area contributed by atoms with Crippen LogP contribution in [-0.2, 0) is 19.1 Å². The zero-order valence-corrected chi connectivity index (χ0v) is 8.78. The highest BCUT2D eigenvalue weighted by Crippen LogP contribution is 2.06. The quantitative estimate of drug-likeness (QED) is 0.605. The number of hydrogen-bond donors (Lipinski definition) is 1. The Kier molecular flexibility index (Phi) is 3.79. The number of carbonyl (C=O) groups is 3. The van der Waals surface area contributed by atoms with Crippen molar-refractivity contribution >= 4 is 17.7 Å². The van der Waals surface area contributed by atoms with Crippen LogP contribution in [0.25, 0.3) is 0 Å². The van der Waals surface area contributed by atoms with Gasteiger partial charge in [0.1, 0.15) is 12.6 Å². The van der Waals surface area contributed by atoms with Crippen molar-refractivity contribution < 1.29 is 19.1 Å². The molecule has 1 aliphatic rings. The summed E-state index contributed by atoms with van der Waals surface area (Å²) in [6, 6.07) is -0.591. The lowest BCUT2D eigenvalue weighted by Gasteiger charge is -2.31. The van der Waals surface area contributed by atoms with Gasteiger partial charge < -0.3 is 9.64 Å². The Morgan fingerprint density at radius 1 is 1.60 bits per heavy atom. The Morgan fingerprint density at radius 2 is 2.27 bits per heavy atom. The minimum atomic E-state index is -0.591. The second-order valence-corrected chi connectivity index (χ2v) is 3.35. The first-order chi connectivity index (χ1) is 7.06. The van der Waals surface area contributed by atoms with Crippen LogP contribution < -0.4 is 5.32 Å². The topological polar surface area (TPSA) is 75.7 Å². The summed E-state index contributed by atoms with van der Waals surface area (Å²) >= 11 is 0. The summed E-state index contributed by atoms with van der Waals surface area (Å²) in [6.45, 7) is 1.82. The summed E-state index contributed by atoms with van der Waals surface area (Å²) in [6.07, 6.45) is 0.182. The monoisotopic (exact) mass is 214 g/mol. The van der Waals surface area contributed by atoms with Gasteiger partial charge in [0.25, 0.3) is 0 Å². The van der Waals surface area contributed by atoms with Crippen molar-refractivity contribution in [3.05, 3.63) is 0 Å². The molecule has 0 saturated carbocycles. The summed E-state index contributed by atoms with van der Waals surface area (Å²) in [4.78, 5) is 35.1. The number of carbonyl (C=O) groups excluding carboxylic acids is 3. The van der Waals surface area contributed by atoms with Crippen LogP contribution in [0.4, 0.5) is 0 Å². The first kappa shape index (κ1) is 11.6. The molecule has 1 N–H and O–H groups in total. The molecule has 6 heteroatoms. The summed E-state index contributed by atoms with van der Waals surface area (Å²) in [7, 11) is 1.49. The van der Waals surface area contributed by atoms with E-state index in [-0.39, 0.29) is 25.5 Å². The lowest BCUT2D eigenvalue weighted by Crippen LogP contribution is -2.58. The maximum absolute atomic E-state index is 11.6. The largest absolute Gasteiger partial charge is 0.384 e. The van der Waals surface area contributed by atoms with Gasteiger partial charge in [-0.05, 0) is 6.92 Å². The Morgan fingerprint density at radius 3 is 2.87 bits per heavy atom. The molecule has 1 unspecified atom stereocenters. The van der Waals surface area contributed by atoms with Crippen molar-refractivity contribution in [2.75, 3.05) is 20.3 Å². The van der Waals surface area contributed by atoms with Crippen molar-refractivity contribution in [1.29, 1.82) is 0 Å². The Bertz CT molecular complexity index is 290. The van der Waals surface area contributed by atoms with Gasteiger partial charge in [-0.25, -0.2) is 0 Å². The first-order valence-electron chi connectivity index (χ1n) is 4.68. The highest BCUT2D eigenvalue weighted by atomic mass is 16.5. The second-order valence-electron chi connectivity index (χ2n) is 3.35. The van der Waals surface area contributed by atoms with Crippen LogP contribution >= 0.6 is 0 Å². The molecule has 84 valence electrons. The van der Waals surface area contributed by atoms with Gasteiger partial charge >= 0.3 is 0 Å². The van der Waals surface area contributed by atoms with Crippen LogP contribution in [0.2, 0.25) is 0 Å². The third kappa shape index (κ3) is 2.76. The van der Waals surface area contributed by atoms with Gasteiger partial charge in [0, 0.05) is 7.11 Å². The number of imide groups is 1. The number of amides is 3. The van der Waals surface area contributed by atoms with E-state index >= 15 is 0 Å². The standard InChI is InChI=1S/C9H14N2O4/c1-6-9(14)10-7(12)5-11(6)8(13)3-4-15-2/h6H,3-5H2,1-2H3,(H,10,12,14).